The molecule has 0 amide bonds. The third-order valence-electron chi connectivity index (χ3n) is 6.18. The molecule has 2 aromatic carbocycles. The summed E-state index contributed by atoms with van der Waals surface area (Å²) in [6.07, 6.45) is 1.30. The summed E-state index contributed by atoms with van der Waals surface area (Å²) in [5.41, 5.74) is 8.03. The minimum absolute atomic E-state index is 0.0763. The van der Waals surface area contributed by atoms with Crippen molar-refractivity contribution in [3.05, 3.63) is 71.8 Å². The van der Waals surface area contributed by atoms with Gasteiger partial charge in [0.15, 0.2) is 0 Å². The summed E-state index contributed by atoms with van der Waals surface area (Å²) in [5, 5.41) is 0. The van der Waals surface area contributed by atoms with E-state index in [4.69, 9.17) is 38.5 Å². The first kappa shape index (κ1) is 39.1. The number of carbonyl (C=O) groups is 3. The van der Waals surface area contributed by atoms with E-state index < -0.39 is 26.0 Å². The Kier molecular flexibility index (Phi) is 19.3. The maximum Gasteiger partial charge on any atom is 0.508 e. The third-order valence-corrected chi connectivity index (χ3v) is 7.64. The molecule has 15 heteroatoms. The molecule has 0 saturated heterocycles. The van der Waals surface area contributed by atoms with Crippen LogP contribution in [0.5, 0.6) is 0 Å². The lowest BCUT2D eigenvalue weighted by Crippen LogP contribution is -2.38. The highest BCUT2D eigenvalue weighted by Gasteiger charge is 2.26. The molecule has 2 rings (SSSR count). The fourth-order valence-electron chi connectivity index (χ4n) is 3.61. The quantitative estimate of drug-likeness (QED) is 0.0425. The lowest BCUT2D eigenvalue weighted by molar-refractivity contribution is -0.143. The fourth-order valence-corrected chi connectivity index (χ4v) is 4.93. The largest absolute Gasteiger partial charge is 0.508 e. The summed E-state index contributed by atoms with van der Waals surface area (Å²) < 4.78 is 53.6. The predicted molar refractivity (Wildman–Crippen MR) is 174 cm³/mol. The molecule has 0 fully saturated rings. The van der Waals surface area contributed by atoms with Crippen molar-refractivity contribution in [1.82, 2.24) is 4.90 Å². The summed E-state index contributed by atoms with van der Waals surface area (Å²) in [5.74, 6) is -0.811. The lowest BCUT2D eigenvalue weighted by Gasteiger charge is -2.20. The van der Waals surface area contributed by atoms with Crippen molar-refractivity contribution in [2.45, 2.75) is 45.4 Å². The molecule has 0 aromatic heterocycles. The molecule has 0 aliphatic rings. The van der Waals surface area contributed by atoms with Gasteiger partial charge in [-0.15, -0.1) is 4.76 Å². The molecule has 0 saturated carbocycles. The average Bonchev–Trinajstić information content (AvgIpc) is 3.05. The van der Waals surface area contributed by atoms with Crippen molar-refractivity contribution >= 4 is 32.0 Å². The molecule has 0 aliphatic carbocycles. The van der Waals surface area contributed by atoms with Gasteiger partial charge in [0.05, 0.1) is 46.2 Å². The lowest BCUT2D eigenvalue weighted by atomic mass is 10.2. The van der Waals surface area contributed by atoms with Gasteiger partial charge in [0.25, 0.3) is 0 Å². The van der Waals surface area contributed by atoms with Crippen LogP contribution in [0.15, 0.2) is 65.4 Å². The van der Waals surface area contributed by atoms with E-state index in [1.54, 1.807) is 0 Å². The summed E-state index contributed by atoms with van der Waals surface area (Å²) in [4.78, 5) is 37.0. The molecule has 0 bridgehead atoms. The summed E-state index contributed by atoms with van der Waals surface area (Å²) in [6, 6.07) is 19.1. The van der Waals surface area contributed by atoms with Gasteiger partial charge in [0.1, 0.15) is 6.54 Å². The first-order valence-corrected chi connectivity index (χ1v) is 17.0. The van der Waals surface area contributed by atoms with Gasteiger partial charge in [0.2, 0.25) is 5.96 Å². The van der Waals surface area contributed by atoms with Crippen LogP contribution in [-0.4, -0.2) is 89.0 Å². The SMILES string of the molecule is CCCCOC(=O)CN(C)C(N)=NP(=O)(OCCCOC(=O)OCCc1ccccc1)OCCCOC(=O)OCCc1ccccc1. The van der Waals surface area contributed by atoms with Crippen molar-refractivity contribution in [1.29, 1.82) is 0 Å². The minimum atomic E-state index is -4.20. The van der Waals surface area contributed by atoms with E-state index in [2.05, 4.69) is 4.76 Å². The van der Waals surface area contributed by atoms with Crippen molar-refractivity contribution in [2.24, 2.45) is 10.5 Å². The van der Waals surface area contributed by atoms with Crippen molar-refractivity contribution in [3.8, 4) is 0 Å². The van der Waals surface area contributed by atoms with Crippen molar-refractivity contribution < 1.29 is 51.7 Å². The van der Waals surface area contributed by atoms with E-state index in [1.807, 2.05) is 67.6 Å². The predicted octanol–water partition coefficient (Wildman–Crippen LogP) is 5.29. The van der Waals surface area contributed by atoms with Crippen LogP contribution in [0.2, 0.25) is 0 Å². The number of ether oxygens (including phenoxy) is 5. The number of nitrogens with zero attached hydrogens (tertiary/aromatic N) is 2. The number of carbonyl (C=O) groups excluding carboxylic acids is 3. The second-order valence-electron chi connectivity index (χ2n) is 10.1. The van der Waals surface area contributed by atoms with Crippen molar-refractivity contribution in [3.63, 3.8) is 0 Å². The maximum absolute atomic E-state index is 13.5. The number of benzene rings is 2. The number of rotatable bonds is 22. The Hall–Kier alpha value is -4.13. The van der Waals surface area contributed by atoms with Crippen LogP contribution in [0.25, 0.3) is 0 Å². The number of guanidine groups is 1. The Balaban J connectivity index is 1.79. The van der Waals surface area contributed by atoms with Crippen LogP contribution >= 0.6 is 7.75 Å². The van der Waals surface area contributed by atoms with Gasteiger partial charge in [-0.05, 0) is 17.5 Å². The summed E-state index contributed by atoms with van der Waals surface area (Å²) in [7, 11) is -2.73. The van der Waals surface area contributed by atoms with Crippen molar-refractivity contribution in [2.75, 3.05) is 59.8 Å². The first-order chi connectivity index (χ1) is 22.7. The average molecular weight is 680 g/mol. The van der Waals surface area contributed by atoms with Gasteiger partial charge in [-0.25, -0.2) is 14.2 Å². The Labute approximate surface area is 276 Å². The van der Waals surface area contributed by atoms with Gasteiger partial charge < -0.3 is 34.3 Å². The Morgan fingerprint density at radius 2 is 1.13 bits per heavy atom. The molecule has 47 heavy (non-hydrogen) atoms. The third kappa shape index (κ3) is 18.6. The highest BCUT2D eigenvalue weighted by molar-refractivity contribution is 7.52. The molecule has 0 aliphatic heterocycles. The van der Waals surface area contributed by atoms with Gasteiger partial charge >= 0.3 is 26.0 Å². The topological polar surface area (TPSA) is 175 Å². The van der Waals surface area contributed by atoms with E-state index in [-0.39, 0.29) is 71.6 Å². The van der Waals surface area contributed by atoms with Crippen LogP contribution in [0.1, 0.15) is 43.7 Å². The number of unbranched alkanes of at least 4 members (excludes halogenated alkanes) is 1. The van der Waals surface area contributed by atoms with Crippen LogP contribution in [-0.2, 0) is 54.9 Å². The molecular formula is C32H46N3O11P. The van der Waals surface area contributed by atoms with Crippen LogP contribution in [0.3, 0.4) is 0 Å². The molecule has 14 nitrogen and oxygen atoms in total. The zero-order chi connectivity index (χ0) is 34.2. The molecule has 2 aromatic rings. The van der Waals surface area contributed by atoms with Crippen LogP contribution in [0, 0.1) is 0 Å². The number of nitrogens with two attached hydrogens (primary N) is 1. The Morgan fingerprint density at radius 1 is 0.681 bits per heavy atom. The first-order valence-electron chi connectivity index (χ1n) is 15.5. The Morgan fingerprint density at radius 3 is 1.60 bits per heavy atom. The summed E-state index contributed by atoms with van der Waals surface area (Å²) in [6.45, 7) is 1.83. The number of esters is 1. The van der Waals surface area contributed by atoms with Gasteiger partial charge in [0, 0.05) is 32.7 Å². The highest BCUT2D eigenvalue weighted by atomic mass is 31.2. The highest BCUT2D eigenvalue weighted by Crippen LogP contribution is 2.50. The molecule has 0 radical (unpaired) electrons. The zero-order valence-electron chi connectivity index (χ0n) is 27.1. The summed E-state index contributed by atoms with van der Waals surface area (Å²) >= 11 is 0. The zero-order valence-corrected chi connectivity index (χ0v) is 28.0. The second-order valence-corrected chi connectivity index (χ2v) is 11.7. The molecule has 260 valence electrons. The van der Waals surface area contributed by atoms with Gasteiger partial charge in [-0.2, -0.15) is 0 Å². The smallest absolute Gasteiger partial charge is 0.464 e. The monoisotopic (exact) mass is 679 g/mol. The van der Waals surface area contributed by atoms with E-state index in [0.717, 1.165) is 24.0 Å². The molecule has 0 heterocycles. The molecule has 0 unspecified atom stereocenters. The maximum atomic E-state index is 13.5. The Bertz CT molecular complexity index is 1190. The van der Waals surface area contributed by atoms with E-state index in [0.29, 0.717) is 12.8 Å². The van der Waals surface area contributed by atoms with E-state index in [1.165, 1.54) is 11.9 Å². The molecule has 2 N–H and O–H groups in total. The van der Waals surface area contributed by atoms with Crippen LogP contribution < -0.4 is 5.73 Å². The normalized spacial score (nSPS) is 11.4. The van der Waals surface area contributed by atoms with Gasteiger partial charge in [-0.1, -0.05) is 74.0 Å². The number of likely N-dealkylation sites (N-methyl/N-ethyl adjacent to an activating group) is 1. The molecular weight excluding hydrogens is 633 g/mol. The van der Waals surface area contributed by atoms with Crippen LogP contribution in [0.4, 0.5) is 9.59 Å². The standard InChI is InChI=1S/C32H46N3O11P/c1-3-4-19-40-29(36)26-35(2)30(33)34-47(39,45-22-11-20-41-31(37)43-24-17-27-13-7-5-8-14-27)46-23-12-21-42-32(38)44-25-18-28-15-9-6-10-16-28/h5-10,13-16H,3-4,11-12,17-26H2,1-2H3,(H2,33,34,39). The second kappa shape index (κ2) is 23.2. The fraction of sp³-hybridized carbons (Fsp3) is 0.500. The van der Waals surface area contributed by atoms with Gasteiger partial charge in [-0.3, -0.25) is 13.8 Å². The van der Waals surface area contributed by atoms with E-state index >= 15 is 0 Å². The number of hydrogen-bond acceptors (Lipinski definition) is 11. The minimum Gasteiger partial charge on any atom is -0.464 e. The molecule has 0 spiro atoms. The molecule has 0 atom stereocenters. The van der Waals surface area contributed by atoms with E-state index in [9.17, 15) is 18.9 Å². The number of hydrogen-bond donors (Lipinski definition) is 1.